The molecule has 2 atom stereocenters. The number of ether oxygens (including phenoxy) is 1. The summed E-state index contributed by atoms with van der Waals surface area (Å²) < 4.78 is 5.22. The predicted molar refractivity (Wildman–Crippen MR) is 72.5 cm³/mol. The monoisotopic (exact) mass is 251 g/mol. The molecule has 2 N–H and O–H groups in total. The first-order valence-electron chi connectivity index (χ1n) is 7.32. The summed E-state index contributed by atoms with van der Waals surface area (Å²) in [4.78, 5) is 6.86. The van der Waals surface area contributed by atoms with Gasteiger partial charge >= 0.3 is 0 Å². The largest absolute Gasteiger partial charge is 0.383 e. The van der Waals surface area contributed by atoms with E-state index in [0.29, 0.717) is 0 Å². The number of aliphatic imine (C=N–C) groups is 1. The van der Waals surface area contributed by atoms with Gasteiger partial charge in [0.05, 0.1) is 18.7 Å². The molecule has 0 amide bonds. The summed E-state index contributed by atoms with van der Waals surface area (Å²) in [6.45, 7) is 2.54. The Bertz CT molecular complexity index is 340. The number of nitrogens with zero attached hydrogens (tertiary/aromatic N) is 2. The molecule has 1 aliphatic heterocycles. The van der Waals surface area contributed by atoms with Crippen molar-refractivity contribution < 1.29 is 4.74 Å². The van der Waals surface area contributed by atoms with Crippen LogP contribution in [0.25, 0.3) is 0 Å². The van der Waals surface area contributed by atoms with Crippen LogP contribution in [0.3, 0.4) is 0 Å². The molecule has 18 heavy (non-hydrogen) atoms. The molecule has 3 rings (SSSR count). The summed E-state index contributed by atoms with van der Waals surface area (Å²) in [5.41, 5.74) is 6.31. The molecule has 1 spiro atoms. The highest BCUT2D eigenvalue weighted by molar-refractivity contribution is 5.81. The zero-order valence-electron chi connectivity index (χ0n) is 11.4. The minimum Gasteiger partial charge on any atom is -0.383 e. The Morgan fingerprint density at radius 3 is 2.94 bits per heavy atom. The van der Waals surface area contributed by atoms with Gasteiger partial charge in [-0.15, -0.1) is 0 Å². The van der Waals surface area contributed by atoms with Crippen molar-refractivity contribution in [2.75, 3.05) is 26.8 Å². The van der Waals surface area contributed by atoms with Gasteiger partial charge in [0.15, 0.2) is 5.96 Å². The number of methoxy groups -OCH3 is 1. The van der Waals surface area contributed by atoms with Gasteiger partial charge in [-0.25, -0.2) is 0 Å². The maximum atomic E-state index is 6.08. The van der Waals surface area contributed by atoms with Gasteiger partial charge in [0.2, 0.25) is 0 Å². The van der Waals surface area contributed by atoms with Crippen LogP contribution in [0.15, 0.2) is 4.99 Å². The molecule has 0 aromatic carbocycles. The van der Waals surface area contributed by atoms with Gasteiger partial charge in [-0.05, 0) is 37.5 Å². The fourth-order valence-electron chi connectivity index (χ4n) is 3.92. The number of guanidine groups is 1. The third-order valence-electron chi connectivity index (χ3n) is 5.05. The molecule has 4 nitrogen and oxygen atoms in total. The number of hydrogen-bond donors (Lipinski definition) is 1. The van der Waals surface area contributed by atoms with Gasteiger partial charge < -0.3 is 15.4 Å². The number of hydrogen-bond acceptors (Lipinski definition) is 4. The summed E-state index contributed by atoms with van der Waals surface area (Å²) in [5.74, 6) is 2.67. The summed E-state index contributed by atoms with van der Waals surface area (Å²) in [5, 5.41) is 0. The maximum Gasteiger partial charge on any atom is 0.191 e. The molecule has 0 saturated heterocycles. The van der Waals surface area contributed by atoms with E-state index < -0.39 is 0 Å². The molecule has 0 aromatic rings. The molecule has 0 radical (unpaired) electrons. The Balaban J connectivity index is 1.71. The molecule has 2 unspecified atom stereocenters. The SMILES string of the molecule is COCCN1C(N)=NCC12CCCC(C1CC1)C2. The van der Waals surface area contributed by atoms with Crippen LogP contribution in [0.4, 0.5) is 0 Å². The van der Waals surface area contributed by atoms with Crippen molar-refractivity contribution in [3.63, 3.8) is 0 Å². The first-order chi connectivity index (χ1) is 8.75. The number of nitrogens with two attached hydrogens (primary N) is 1. The molecule has 2 aliphatic carbocycles. The lowest BCUT2D eigenvalue weighted by Gasteiger charge is -2.45. The van der Waals surface area contributed by atoms with E-state index >= 15 is 0 Å². The van der Waals surface area contributed by atoms with Crippen LogP contribution in [-0.4, -0.2) is 43.2 Å². The van der Waals surface area contributed by atoms with Crippen molar-refractivity contribution in [1.82, 2.24) is 4.90 Å². The molecule has 2 saturated carbocycles. The third kappa shape index (κ3) is 2.11. The van der Waals surface area contributed by atoms with Crippen LogP contribution in [0.1, 0.15) is 38.5 Å². The molecule has 0 bridgehead atoms. The van der Waals surface area contributed by atoms with E-state index in [1.54, 1.807) is 7.11 Å². The lowest BCUT2D eigenvalue weighted by molar-refractivity contribution is 0.0754. The van der Waals surface area contributed by atoms with Crippen LogP contribution in [-0.2, 0) is 4.74 Å². The quantitative estimate of drug-likeness (QED) is 0.825. The summed E-state index contributed by atoms with van der Waals surface area (Å²) in [7, 11) is 1.75. The Kier molecular flexibility index (Phi) is 3.22. The van der Waals surface area contributed by atoms with Gasteiger partial charge in [0.25, 0.3) is 0 Å². The summed E-state index contributed by atoms with van der Waals surface area (Å²) in [6.07, 6.45) is 8.22. The zero-order valence-corrected chi connectivity index (χ0v) is 11.4. The van der Waals surface area contributed by atoms with Crippen molar-refractivity contribution in [2.45, 2.75) is 44.1 Å². The highest BCUT2D eigenvalue weighted by Crippen LogP contribution is 2.49. The van der Waals surface area contributed by atoms with Crippen molar-refractivity contribution in [3.8, 4) is 0 Å². The predicted octanol–water partition coefficient (Wildman–Crippen LogP) is 1.60. The smallest absolute Gasteiger partial charge is 0.191 e. The average molecular weight is 251 g/mol. The van der Waals surface area contributed by atoms with Gasteiger partial charge in [-0.1, -0.05) is 12.8 Å². The topological polar surface area (TPSA) is 50.9 Å². The zero-order chi connectivity index (χ0) is 12.6. The Morgan fingerprint density at radius 1 is 1.39 bits per heavy atom. The molecule has 3 aliphatic rings. The Labute approximate surface area is 110 Å². The second-order valence-corrected chi connectivity index (χ2v) is 6.24. The average Bonchev–Trinajstić information content (AvgIpc) is 3.18. The van der Waals surface area contributed by atoms with E-state index in [1.165, 1.54) is 38.5 Å². The third-order valence-corrected chi connectivity index (χ3v) is 5.05. The minimum absolute atomic E-state index is 0.230. The lowest BCUT2D eigenvalue weighted by Crippen LogP contribution is -2.55. The van der Waals surface area contributed by atoms with Crippen LogP contribution in [0, 0.1) is 11.8 Å². The van der Waals surface area contributed by atoms with Crippen LogP contribution >= 0.6 is 0 Å². The van der Waals surface area contributed by atoms with Crippen molar-refractivity contribution in [3.05, 3.63) is 0 Å². The Hall–Kier alpha value is -0.770. The van der Waals surface area contributed by atoms with E-state index in [9.17, 15) is 0 Å². The summed E-state index contributed by atoms with van der Waals surface area (Å²) in [6, 6.07) is 0. The highest BCUT2D eigenvalue weighted by Gasteiger charge is 2.48. The summed E-state index contributed by atoms with van der Waals surface area (Å²) >= 11 is 0. The molecule has 1 heterocycles. The second kappa shape index (κ2) is 4.72. The highest BCUT2D eigenvalue weighted by atomic mass is 16.5. The van der Waals surface area contributed by atoms with Gasteiger partial charge in [-0.2, -0.15) is 0 Å². The molecule has 2 fully saturated rings. The molecular formula is C14H25N3O. The van der Waals surface area contributed by atoms with Crippen LogP contribution in [0.2, 0.25) is 0 Å². The van der Waals surface area contributed by atoms with E-state index in [-0.39, 0.29) is 5.54 Å². The fourth-order valence-corrected chi connectivity index (χ4v) is 3.92. The molecule has 4 heteroatoms. The molecule has 0 aromatic heterocycles. The first kappa shape index (κ1) is 12.3. The molecular weight excluding hydrogens is 226 g/mol. The molecule has 102 valence electrons. The normalized spacial score (nSPS) is 36.2. The van der Waals surface area contributed by atoms with Gasteiger partial charge in [-0.3, -0.25) is 4.99 Å². The van der Waals surface area contributed by atoms with Crippen molar-refractivity contribution in [1.29, 1.82) is 0 Å². The maximum absolute atomic E-state index is 6.08. The van der Waals surface area contributed by atoms with Crippen molar-refractivity contribution >= 4 is 5.96 Å². The van der Waals surface area contributed by atoms with E-state index in [0.717, 1.165) is 37.5 Å². The van der Waals surface area contributed by atoms with E-state index in [2.05, 4.69) is 9.89 Å². The van der Waals surface area contributed by atoms with Crippen molar-refractivity contribution in [2.24, 2.45) is 22.6 Å². The minimum atomic E-state index is 0.230. The standard InChI is InChI=1S/C14H25N3O/c1-18-8-7-17-13(15)16-10-14(17)6-2-3-12(9-14)11-4-5-11/h11-12H,2-10H2,1H3,(H2,15,16). The second-order valence-electron chi connectivity index (χ2n) is 6.24. The first-order valence-corrected chi connectivity index (χ1v) is 7.32. The van der Waals surface area contributed by atoms with E-state index in [1.807, 2.05) is 0 Å². The number of rotatable bonds is 4. The van der Waals surface area contributed by atoms with Gasteiger partial charge in [0, 0.05) is 13.7 Å². The fraction of sp³-hybridized carbons (Fsp3) is 0.929. The Morgan fingerprint density at radius 2 is 2.22 bits per heavy atom. The van der Waals surface area contributed by atoms with E-state index in [4.69, 9.17) is 10.5 Å². The van der Waals surface area contributed by atoms with Gasteiger partial charge in [0.1, 0.15) is 0 Å². The van der Waals surface area contributed by atoms with Crippen LogP contribution in [0.5, 0.6) is 0 Å². The van der Waals surface area contributed by atoms with Crippen LogP contribution < -0.4 is 5.73 Å². The lowest BCUT2D eigenvalue weighted by atomic mass is 9.73.